The van der Waals surface area contributed by atoms with Crippen LogP contribution in [0.3, 0.4) is 0 Å². The Morgan fingerprint density at radius 3 is 3.11 bits per heavy atom. The van der Waals surface area contributed by atoms with Crippen LogP contribution in [0.2, 0.25) is 5.02 Å². The summed E-state index contributed by atoms with van der Waals surface area (Å²) in [5.74, 6) is 0.115. The number of amides is 1. The number of anilines is 2. The lowest BCUT2D eigenvalue weighted by atomic mass is 10.1. The van der Waals surface area contributed by atoms with Gasteiger partial charge in [-0.3, -0.25) is 4.79 Å². The summed E-state index contributed by atoms with van der Waals surface area (Å²) in [5.41, 5.74) is 0.443. The van der Waals surface area contributed by atoms with Crippen molar-refractivity contribution in [1.82, 2.24) is 4.98 Å². The van der Waals surface area contributed by atoms with Crippen LogP contribution >= 0.6 is 23.2 Å². The molecule has 1 atom stereocenters. The first-order valence-corrected chi connectivity index (χ1v) is 6.92. The van der Waals surface area contributed by atoms with E-state index in [9.17, 15) is 9.18 Å². The average molecular weight is 306 g/mol. The van der Waals surface area contributed by atoms with Gasteiger partial charge in [0.15, 0.2) is 0 Å². The summed E-state index contributed by atoms with van der Waals surface area (Å²) in [4.78, 5) is 17.3. The highest BCUT2D eigenvalue weighted by Crippen LogP contribution is 2.27. The minimum Gasteiger partial charge on any atom is -0.354 e. The van der Waals surface area contributed by atoms with Gasteiger partial charge in [-0.15, -0.1) is 11.6 Å². The zero-order valence-corrected chi connectivity index (χ0v) is 11.7. The molecule has 0 bridgehead atoms. The molecule has 1 aliphatic heterocycles. The number of carbonyl (C=O) groups is 1. The molecule has 0 aliphatic carbocycles. The summed E-state index contributed by atoms with van der Waals surface area (Å²) in [5, 5.41) is 2.92. The Bertz CT molecular complexity index is 472. The quantitative estimate of drug-likeness (QED) is 0.873. The van der Waals surface area contributed by atoms with Crippen LogP contribution in [0, 0.1) is 0 Å². The van der Waals surface area contributed by atoms with E-state index in [-0.39, 0.29) is 11.8 Å². The highest BCUT2D eigenvalue weighted by molar-refractivity contribution is 6.34. The standard InChI is InChI=1S/C12H14Cl2FN3O/c13-5-12(19)17-10-4-11(16-6-9(10)14)18-3-1-2-8(15)7-18/h4,6,8H,1-3,5,7H2,(H,16,17,19). The van der Waals surface area contributed by atoms with Gasteiger partial charge in [-0.05, 0) is 12.8 Å². The molecular formula is C12H14Cl2FN3O. The third kappa shape index (κ3) is 3.70. The van der Waals surface area contributed by atoms with E-state index in [1.165, 1.54) is 6.20 Å². The number of hydrogen-bond acceptors (Lipinski definition) is 3. The lowest BCUT2D eigenvalue weighted by molar-refractivity contribution is -0.113. The topological polar surface area (TPSA) is 45.2 Å². The maximum absolute atomic E-state index is 13.4. The molecule has 1 amide bonds. The first kappa shape index (κ1) is 14.3. The minimum atomic E-state index is -0.841. The lowest BCUT2D eigenvalue weighted by Gasteiger charge is -2.30. The maximum atomic E-state index is 13.4. The van der Waals surface area contributed by atoms with E-state index >= 15 is 0 Å². The predicted molar refractivity (Wildman–Crippen MR) is 74.9 cm³/mol. The number of nitrogens with one attached hydrogen (secondary N) is 1. The molecule has 1 unspecified atom stereocenters. The van der Waals surface area contributed by atoms with Crippen molar-refractivity contribution in [1.29, 1.82) is 0 Å². The third-order valence-corrected chi connectivity index (χ3v) is 3.47. The highest BCUT2D eigenvalue weighted by Gasteiger charge is 2.21. The second-order valence-corrected chi connectivity index (χ2v) is 5.06. The molecular weight excluding hydrogens is 292 g/mol. The van der Waals surface area contributed by atoms with Crippen molar-refractivity contribution in [3.8, 4) is 0 Å². The molecule has 0 saturated carbocycles. The first-order valence-electron chi connectivity index (χ1n) is 6.00. The van der Waals surface area contributed by atoms with Gasteiger partial charge in [0.2, 0.25) is 5.91 Å². The summed E-state index contributed by atoms with van der Waals surface area (Å²) >= 11 is 11.4. The van der Waals surface area contributed by atoms with E-state index in [0.717, 1.165) is 13.0 Å². The van der Waals surface area contributed by atoms with Crippen molar-refractivity contribution in [3.05, 3.63) is 17.3 Å². The summed E-state index contributed by atoms with van der Waals surface area (Å²) in [6.45, 7) is 1.06. The van der Waals surface area contributed by atoms with Crippen LogP contribution in [0.15, 0.2) is 12.3 Å². The number of alkyl halides is 2. The molecule has 2 heterocycles. The van der Waals surface area contributed by atoms with E-state index < -0.39 is 6.17 Å². The molecule has 1 aliphatic rings. The van der Waals surface area contributed by atoms with Crippen LogP contribution in [0.4, 0.5) is 15.9 Å². The van der Waals surface area contributed by atoms with Crippen molar-refractivity contribution in [2.45, 2.75) is 19.0 Å². The lowest BCUT2D eigenvalue weighted by Crippen LogP contribution is -2.36. The largest absolute Gasteiger partial charge is 0.354 e. The van der Waals surface area contributed by atoms with Crippen molar-refractivity contribution in [2.75, 3.05) is 29.2 Å². The normalized spacial score (nSPS) is 19.3. The molecule has 0 radical (unpaired) electrons. The summed E-state index contributed by atoms with van der Waals surface area (Å²) in [6, 6.07) is 1.64. The Morgan fingerprint density at radius 1 is 1.63 bits per heavy atom. The van der Waals surface area contributed by atoms with Crippen LogP contribution in [0.5, 0.6) is 0 Å². The molecule has 1 saturated heterocycles. The molecule has 1 aromatic rings. The SMILES string of the molecule is O=C(CCl)Nc1cc(N2CCCC(F)C2)ncc1Cl. The number of nitrogens with zero attached hydrogens (tertiary/aromatic N) is 2. The zero-order chi connectivity index (χ0) is 13.8. The van der Waals surface area contributed by atoms with Gasteiger partial charge in [-0.1, -0.05) is 11.6 Å². The summed E-state index contributed by atoms with van der Waals surface area (Å²) in [6.07, 6.45) is 1.98. The smallest absolute Gasteiger partial charge is 0.239 e. The van der Waals surface area contributed by atoms with Gasteiger partial charge in [0, 0.05) is 12.6 Å². The van der Waals surface area contributed by atoms with Crippen molar-refractivity contribution in [3.63, 3.8) is 0 Å². The Kier molecular flexibility index (Phi) is 4.82. The minimum absolute atomic E-state index is 0.149. The van der Waals surface area contributed by atoms with E-state index in [1.54, 1.807) is 6.07 Å². The van der Waals surface area contributed by atoms with Gasteiger partial charge >= 0.3 is 0 Å². The Hall–Kier alpha value is -1.07. The van der Waals surface area contributed by atoms with Gasteiger partial charge in [-0.2, -0.15) is 0 Å². The number of hydrogen-bond donors (Lipinski definition) is 1. The third-order valence-electron chi connectivity index (χ3n) is 2.92. The second kappa shape index (κ2) is 6.39. The molecule has 1 N–H and O–H groups in total. The molecule has 1 fully saturated rings. The fraction of sp³-hybridized carbons (Fsp3) is 0.500. The number of piperidine rings is 1. The Balaban J connectivity index is 2.17. The summed E-state index contributed by atoms with van der Waals surface area (Å²) in [7, 11) is 0. The van der Waals surface area contributed by atoms with Gasteiger partial charge in [0.1, 0.15) is 17.9 Å². The predicted octanol–water partition coefficient (Wildman–Crippen LogP) is 2.85. The van der Waals surface area contributed by atoms with Crippen LogP contribution in [-0.4, -0.2) is 36.0 Å². The van der Waals surface area contributed by atoms with Crippen molar-refractivity contribution in [2.24, 2.45) is 0 Å². The number of halogens is 3. The van der Waals surface area contributed by atoms with Gasteiger partial charge < -0.3 is 10.2 Å². The zero-order valence-electron chi connectivity index (χ0n) is 10.2. The van der Waals surface area contributed by atoms with Crippen LogP contribution in [0.1, 0.15) is 12.8 Å². The van der Waals surface area contributed by atoms with E-state index in [2.05, 4.69) is 10.3 Å². The fourth-order valence-corrected chi connectivity index (χ4v) is 2.23. The van der Waals surface area contributed by atoms with Gasteiger partial charge in [-0.25, -0.2) is 9.37 Å². The van der Waals surface area contributed by atoms with Crippen LogP contribution in [-0.2, 0) is 4.79 Å². The monoisotopic (exact) mass is 305 g/mol. The molecule has 2 rings (SSSR count). The van der Waals surface area contributed by atoms with Crippen LogP contribution < -0.4 is 10.2 Å². The summed E-state index contributed by atoms with van der Waals surface area (Å²) < 4.78 is 13.4. The van der Waals surface area contributed by atoms with E-state index in [4.69, 9.17) is 23.2 Å². The first-order chi connectivity index (χ1) is 9.10. The molecule has 4 nitrogen and oxygen atoms in total. The van der Waals surface area contributed by atoms with Gasteiger partial charge in [0.05, 0.1) is 23.5 Å². The molecule has 1 aromatic heterocycles. The highest BCUT2D eigenvalue weighted by atomic mass is 35.5. The van der Waals surface area contributed by atoms with E-state index in [1.807, 2.05) is 4.90 Å². The molecule has 19 heavy (non-hydrogen) atoms. The average Bonchev–Trinajstić information content (AvgIpc) is 2.41. The molecule has 104 valence electrons. The molecule has 0 spiro atoms. The Morgan fingerprint density at radius 2 is 2.42 bits per heavy atom. The molecule has 7 heteroatoms. The number of aromatic nitrogens is 1. The number of rotatable bonds is 3. The fourth-order valence-electron chi connectivity index (χ4n) is 2.01. The van der Waals surface area contributed by atoms with E-state index in [0.29, 0.717) is 29.5 Å². The maximum Gasteiger partial charge on any atom is 0.239 e. The molecule has 0 aromatic carbocycles. The number of carbonyl (C=O) groups excluding carboxylic acids is 1. The second-order valence-electron chi connectivity index (χ2n) is 4.39. The van der Waals surface area contributed by atoms with Crippen molar-refractivity contribution >= 4 is 40.6 Å². The van der Waals surface area contributed by atoms with Crippen molar-refractivity contribution < 1.29 is 9.18 Å². The Labute approximate surface area is 120 Å². The van der Waals surface area contributed by atoms with Crippen LogP contribution in [0.25, 0.3) is 0 Å². The number of pyridine rings is 1. The van der Waals surface area contributed by atoms with Gasteiger partial charge in [0.25, 0.3) is 0 Å².